The number of carboxylic acid groups (broad SMARTS) is 1. The molecular formula is C22H28N2O3. The highest BCUT2D eigenvalue weighted by molar-refractivity contribution is 5.66. The van der Waals surface area contributed by atoms with Crippen LogP contribution in [-0.4, -0.2) is 55.3 Å². The third-order valence-corrected chi connectivity index (χ3v) is 4.94. The van der Waals surface area contributed by atoms with Gasteiger partial charge in [0.1, 0.15) is 5.75 Å². The number of benzene rings is 2. The molecule has 1 saturated heterocycles. The van der Waals surface area contributed by atoms with Crippen LogP contribution < -0.4 is 9.64 Å². The molecule has 1 fully saturated rings. The van der Waals surface area contributed by atoms with Crippen LogP contribution in [0.4, 0.5) is 5.69 Å². The Morgan fingerprint density at radius 3 is 2.33 bits per heavy atom. The van der Waals surface area contributed by atoms with Crippen LogP contribution in [0.1, 0.15) is 18.4 Å². The van der Waals surface area contributed by atoms with Crippen molar-refractivity contribution in [2.24, 2.45) is 0 Å². The third kappa shape index (κ3) is 6.29. The Bertz CT molecular complexity index is 695. The van der Waals surface area contributed by atoms with Crippen LogP contribution in [0.25, 0.3) is 0 Å². The van der Waals surface area contributed by atoms with Gasteiger partial charge in [-0.05, 0) is 42.7 Å². The number of aryl methyl sites for hydroxylation is 1. The number of ether oxygens (including phenoxy) is 1. The van der Waals surface area contributed by atoms with Gasteiger partial charge in [0, 0.05) is 38.4 Å². The molecule has 5 nitrogen and oxygen atoms in total. The van der Waals surface area contributed by atoms with Crippen molar-refractivity contribution in [3.05, 3.63) is 60.2 Å². The summed E-state index contributed by atoms with van der Waals surface area (Å²) < 4.78 is 5.86. The molecule has 0 unspecified atom stereocenters. The number of hydrogen-bond acceptors (Lipinski definition) is 4. The van der Waals surface area contributed by atoms with Gasteiger partial charge in [-0.25, -0.2) is 0 Å². The van der Waals surface area contributed by atoms with Gasteiger partial charge in [0.05, 0.1) is 13.0 Å². The number of carbonyl (C=O) groups is 1. The van der Waals surface area contributed by atoms with E-state index in [2.05, 4.69) is 46.2 Å². The van der Waals surface area contributed by atoms with Gasteiger partial charge in [-0.15, -0.1) is 0 Å². The van der Waals surface area contributed by atoms with Crippen molar-refractivity contribution in [1.29, 1.82) is 0 Å². The van der Waals surface area contributed by atoms with E-state index in [0.717, 1.165) is 51.4 Å². The van der Waals surface area contributed by atoms with Crippen LogP contribution in [0.15, 0.2) is 54.6 Å². The van der Waals surface area contributed by atoms with Crippen LogP contribution in [0.3, 0.4) is 0 Å². The number of aliphatic carboxylic acids is 1. The summed E-state index contributed by atoms with van der Waals surface area (Å²) in [6.07, 6.45) is 2.26. The number of carboxylic acids is 1. The largest absolute Gasteiger partial charge is 0.494 e. The molecule has 0 radical (unpaired) electrons. The lowest BCUT2D eigenvalue weighted by molar-refractivity contribution is -0.137. The first-order chi connectivity index (χ1) is 13.2. The minimum atomic E-state index is -0.725. The van der Waals surface area contributed by atoms with Crippen molar-refractivity contribution in [3.8, 4) is 5.75 Å². The van der Waals surface area contributed by atoms with Gasteiger partial charge in [0.15, 0.2) is 0 Å². The Labute approximate surface area is 161 Å². The normalized spacial score (nSPS) is 14.9. The zero-order valence-corrected chi connectivity index (χ0v) is 15.7. The van der Waals surface area contributed by atoms with Gasteiger partial charge in [-0.1, -0.05) is 30.3 Å². The average molecular weight is 368 g/mol. The maximum absolute atomic E-state index is 10.7. The number of piperazine rings is 1. The number of anilines is 1. The third-order valence-electron chi connectivity index (χ3n) is 4.94. The highest BCUT2D eigenvalue weighted by Crippen LogP contribution is 2.21. The summed E-state index contributed by atoms with van der Waals surface area (Å²) in [5.74, 6) is 0.184. The van der Waals surface area contributed by atoms with Crippen LogP contribution in [0.2, 0.25) is 0 Å². The zero-order chi connectivity index (χ0) is 18.9. The zero-order valence-electron chi connectivity index (χ0n) is 15.7. The van der Waals surface area contributed by atoms with Gasteiger partial charge in [0.2, 0.25) is 0 Å². The second-order valence-electron chi connectivity index (χ2n) is 6.90. The summed E-state index contributed by atoms with van der Waals surface area (Å²) in [6, 6.07) is 18.8. The molecule has 1 aliphatic heterocycles. The van der Waals surface area contributed by atoms with Gasteiger partial charge in [-0.2, -0.15) is 0 Å². The average Bonchev–Trinajstić information content (AvgIpc) is 2.71. The second kappa shape index (κ2) is 9.97. The Balaban J connectivity index is 1.38. The lowest BCUT2D eigenvalue weighted by Gasteiger charge is -2.35. The Morgan fingerprint density at radius 1 is 0.963 bits per heavy atom. The molecule has 27 heavy (non-hydrogen) atoms. The maximum Gasteiger partial charge on any atom is 0.304 e. The van der Waals surface area contributed by atoms with Crippen molar-refractivity contribution < 1.29 is 14.6 Å². The summed E-state index contributed by atoms with van der Waals surface area (Å²) in [5, 5.41) is 8.79. The van der Waals surface area contributed by atoms with Crippen molar-refractivity contribution in [2.75, 3.05) is 44.2 Å². The number of hydrogen-bond donors (Lipinski definition) is 1. The van der Waals surface area contributed by atoms with Crippen molar-refractivity contribution in [3.63, 3.8) is 0 Å². The van der Waals surface area contributed by atoms with Gasteiger partial charge in [-0.3, -0.25) is 9.69 Å². The van der Waals surface area contributed by atoms with Gasteiger partial charge >= 0.3 is 5.97 Å². The molecule has 5 heteroatoms. The molecule has 3 rings (SSSR count). The minimum absolute atomic E-state index is 0.219. The van der Waals surface area contributed by atoms with E-state index in [9.17, 15) is 4.79 Å². The molecular weight excluding hydrogens is 340 g/mol. The van der Waals surface area contributed by atoms with E-state index in [0.29, 0.717) is 6.54 Å². The first-order valence-electron chi connectivity index (χ1n) is 9.66. The molecule has 2 aromatic rings. The van der Waals surface area contributed by atoms with E-state index in [-0.39, 0.29) is 6.42 Å². The van der Waals surface area contributed by atoms with Crippen molar-refractivity contribution in [1.82, 2.24) is 4.90 Å². The Morgan fingerprint density at radius 2 is 1.67 bits per heavy atom. The molecule has 0 saturated carbocycles. The highest BCUT2D eigenvalue weighted by atomic mass is 16.5. The summed E-state index contributed by atoms with van der Waals surface area (Å²) in [5.41, 5.74) is 2.54. The fraction of sp³-hybridized carbons (Fsp3) is 0.409. The molecule has 0 aromatic heterocycles. The van der Waals surface area contributed by atoms with E-state index >= 15 is 0 Å². The van der Waals surface area contributed by atoms with E-state index in [1.807, 2.05) is 18.2 Å². The standard InChI is InChI=1S/C22H28N2O3/c25-22(26)12-13-23-14-16-24(17-15-23)20-8-10-21(11-9-20)27-18-4-7-19-5-2-1-3-6-19/h1-3,5-6,8-11H,4,7,12-18H2,(H,25,26). The van der Waals surface area contributed by atoms with Crippen LogP contribution in [-0.2, 0) is 11.2 Å². The smallest absolute Gasteiger partial charge is 0.304 e. The summed E-state index contributed by atoms with van der Waals surface area (Å²) in [7, 11) is 0. The minimum Gasteiger partial charge on any atom is -0.494 e. The molecule has 2 aromatic carbocycles. The lowest BCUT2D eigenvalue weighted by atomic mass is 10.1. The molecule has 1 N–H and O–H groups in total. The van der Waals surface area contributed by atoms with Gasteiger partial charge in [0.25, 0.3) is 0 Å². The predicted molar refractivity (Wildman–Crippen MR) is 108 cm³/mol. The summed E-state index contributed by atoms with van der Waals surface area (Å²) in [6.45, 7) is 5.03. The highest BCUT2D eigenvalue weighted by Gasteiger charge is 2.17. The van der Waals surface area contributed by atoms with E-state index in [1.165, 1.54) is 11.3 Å². The first kappa shape index (κ1) is 19.2. The van der Waals surface area contributed by atoms with E-state index in [4.69, 9.17) is 9.84 Å². The van der Waals surface area contributed by atoms with E-state index < -0.39 is 5.97 Å². The molecule has 144 valence electrons. The fourth-order valence-corrected chi connectivity index (χ4v) is 3.35. The molecule has 0 spiro atoms. The summed E-state index contributed by atoms with van der Waals surface area (Å²) in [4.78, 5) is 15.2. The Kier molecular flexibility index (Phi) is 7.11. The Hall–Kier alpha value is -2.53. The molecule has 0 bridgehead atoms. The molecule has 0 amide bonds. The molecule has 0 aliphatic carbocycles. The van der Waals surface area contributed by atoms with E-state index in [1.54, 1.807) is 0 Å². The first-order valence-corrected chi connectivity index (χ1v) is 9.66. The van der Waals surface area contributed by atoms with Crippen LogP contribution in [0.5, 0.6) is 5.75 Å². The molecule has 0 atom stereocenters. The van der Waals surface area contributed by atoms with Crippen molar-refractivity contribution >= 4 is 11.7 Å². The second-order valence-corrected chi connectivity index (χ2v) is 6.90. The molecule has 1 aliphatic rings. The van der Waals surface area contributed by atoms with Gasteiger partial charge < -0.3 is 14.7 Å². The quantitative estimate of drug-likeness (QED) is 0.689. The fourth-order valence-electron chi connectivity index (χ4n) is 3.35. The number of rotatable bonds is 9. The lowest BCUT2D eigenvalue weighted by Crippen LogP contribution is -2.46. The van der Waals surface area contributed by atoms with Crippen LogP contribution >= 0.6 is 0 Å². The maximum atomic E-state index is 10.7. The predicted octanol–water partition coefficient (Wildman–Crippen LogP) is 3.29. The van der Waals surface area contributed by atoms with Crippen LogP contribution in [0, 0.1) is 0 Å². The monoisotopic (exact) mass is 368 g/mol. The van der Waals surface area contributed by atoms with Crippen molar-refractivity contribution in [2.45, 2.75) is 19.3 Å². The summed E-state index contributed by atoms with van der Waals surface area (Å²) >= 11 is 0. The SMILES string of the molecule is O=C(O)CCN1CCN(c2ccc(OCCCc3ccccc3)cc2)CC1. The topological polar surface area (TPSA) is 53.0 Å². The number of nitrogens with zero attached hydrogens (tertiary/aromatic N) is 2. The molecule has 1 heterocycles.